The fraction of sp³-hybridized carbons (Fsp3) is 0.895. The van der Waals surface area contributed by atoms with Gasteiger partial charge >= 0.3 is 5.97 Å². The second-order valence-electron chi connectivity index (χ2n) is 6.22. The molecule has 0 aliphatic heterocycles. The van der Waals surface area contributed by atoms with Crippen LogP contribution in [0.2, 0.25) is 0 Å². The third-order valence-electron chi connectivity index (χ3n) is 2.86. The third kappa shape index (κ3) is 52.7. The summed E-state index contributed by atoms with van der Waals surface area (Å²) in [6.45, 7) is 4.22. The molecule has 0 aromatic rings. The molecule has 0 bridgehead atoms. The summed E-state index contributed by atoms with van der Waals surface area (Å²) in [7, 11) is 6.00. The van der Waals surface area contributed by atoms with E-state index in [0.29, 0.717) is 12.8 Å². The van der Waals surface area contributed by atoms with E-state index in [1.54, 1.807) is 0 Å². The molecular weight excluding hydrogens is 288 g/mol. The van der Waals surface area contributed by atoms with Gasteiger partial charge in [0.15, 0.2) is 0 Å². The number of carboxylic acids is 1. The zero-order valence-electron chi connectivity index (χ0n) is 16.2. The number of rotatable bonds is 11. The Kier molecular flexibility index (Phi) is 30.1. The van der Waals surface area contributed by atoms with Crippen molar-refractivity contribution in [3.05, 3.63) is 0 Å². The molecule has 0 spiro atoms. The highest BCUT2D eigenvalue weighted by atomic mass is 16.4. The summed E-state index contributed by atoms with van der Waals surface area (Å²) in [5.74, 6) is -0.659. The summed E-state index contributed by atoms with van der Waals surface area (Å²) < 4.78 is 0. The zero-order chi connectivity index (χ0) is 18.3. The Morgan fingerprint density at radius 3 is 1.52 bits per heavy atom. The molecule has 0 atom stereocenters. The smallest absolute Gasteiger partial charge is 0.303 e. The Balaban J connectivity index is -0.000000365. The summed E-state index contributed by atoms with van der Waals surface area (Å²) in [5.41, 5.74) is 0. The molecule has 0 aliphatic carbocycles. The molecule has 0 aromatic carbocycles. The molecule has 138 valence electrons. The van der Waals surface area contributed by atoms with Gasteiger partial charge in [0.2, 0.25) is 0 Å². The van der Waals surface area contributed by atoms with Crippen molar-refractivity contribution >= 4 is 5.97 Å². The van der Waals surface area contributed by atoms with E-state index >= 15 is 0 Å². The van der Waals surface area contributed by atoms with Gasteiger partial charge in [-0.25, -0.2) is 0 Å². The van der Waals surface area contributed by atoms with Crippen molar-refractivity contribution in [3.8, 4) is 6.07 Å². The van der Waals surface area contributed by atoms with E-state index in [4.69, 9.17) is 10.4 Å². The molecule has 4 nitrogen and oxygen atoms in total. The van der Waals surface area contributed by atoms with Crippen LogP contribution in [-0.2, 0) is 4.79 Å². The van der Waals surface area contributed by atoms with Crippen molar-refractivity contribution in [2.45, 2.75) is 90.9 Å². The lowest BCUT2D eigenvalue weighted by atomic mass is 10.1. The molecule has 4 heteroatoms. The van der Waals surface area contributed by atoms with Gasteiger partial charge in [-0.05, 0) is 34.0 Å². The number of hydrogen-bond acceptors (Lipinski definition) is 3. The summed E-state index contributed by atoms with van der Waals surface area (Å²) >= 11 is 0. The molecule has 0 fully saturated rings. The lowest BCUT2D eigenvalue weighted by molar-refractivity contribution is -0.137. The summed E-state index contributed by atoms with van der Waals surface area (Å²) in [6, 6.07) is 2.02. The van der Waals surface area contributed by atoms with Crippen molar-refractivity contribution in [2.24, 2.45) is 0 Å². The van der Waals surface area contributed by atoms with E-state index < -0.39 is 5.97 Å². The predicted octanol–water partition coefficient (Wildman–Crippen LogP) is 5.48. The maximum absolute atomic E-state index is 10.2. The largest absolute Gasteiger partial charge is 0.481 e. The first-order valence-electron chi connectivity index (χ1n) is 9.11. The quantitative estimate of drug-likeness (QED) is 0.510. The highest BCUT2D eigenvalue weighted by Crippen LogP contribution is 2.10. The van der Waals surface area contributed by atoms with Gasteiger partial charge in [0, 0.05) is 12.8 Å². The number of nitrogens with zero attached hydrogens (tertiary/aromatic N) is 2. The Hall–Kier alpha value is -1.08. The standard InChI is InChI=1S/C12H24O2.C4H7N.C3H9N/c1-2-3-4-5-6-7-8-9-10-11-12(13)14;1-2-3-4-5;1-4(2)3/h2-11H2,1H3,(H,13,14);2-3H2,1H3;1-3H3. The monoisotopic (exact) mass is 328 g/mol. The van der Waals surface area contributed by atoms with Gasteiger partial charge < -0.3 is 10.0 Å². The molecule has 0 amide bonds. The Morgan fingerprint density at radius 1 is 0.870 bits per heavy atom. The molecule has 0 heterocycles. The van der Waals surface area contributed by atoms with Gasteiger partial charge in [-0.2, -0.15) is 5.26 Å². The van der Waals surface area contributed by atoms with Crippen LogP contribution in [0, 0.1) is 11.3 Å². The van der Waals surface area contributed by atoms with Crippen LogP contribution in [0.15, 0.2) is 0 Å². The fourth-order valence-electron chi connectivity index (χ4n) is 1.70. The van der Waals surface area contributed by atoms with Crippen LogP contribution in [0.3, 0.4) is 0 Å². The van der Waals surface area contributed by atoms with Crippen molar-refractivity contribution < 1.29 is 9.90 Å². The van der Waals surface area contributed by atoms with Gasteiger partial charge in [0.05, 0.1) is 6.07 Å². The average molecular weight is 329 g/mol. The minimum atomic E-state index is -0.659. The van der Waals surface area contributed by atoms with E-state index in [0.717, 1.165) is 19.3 Å². The van der Waals surface area contributed by atoms with E-state index in [9.17, 15) is 4.79 Å². The second-order valence-corrected chi connectivity index (χ2v) is 6.22. The van der Waals surface area contributed by atoms with Crippen molar-refractivity contribution in [2.75, 3.05) is 21.1 Å². The van der Waals surface area contributed by atoms with Gasteiger partial charge in [0.25, 0.3) is 0 Å². The van der Waals surface area contributed by atoms with Gasteiger partial charge in [0.1, 0.15) is 0 Å². The van der Waals surface area contributed by atoms with Crippen LogP contribution < -0.4 is 0 Å². The Labute approximate surface area is 144 Å². The number of aliphatic carboxylic acids is 1. The summed E-state index contributed by atoms with van der Waals surface area (Å²) in [5, 5.41) is 16.2. The SMILES string of the molecule is CCCC#N.CCCCCCCCCCCC(=O)O.CN(C)C. The molecule has 0 radical (unpaired) electrons. The highest BCUT2D eigenvalue weighted by Gasteiger charge is 1.96. The van der Waals surface area contributed by atoms with E-state index in [1.807, 2.05) is 39.0 Å². The molecule has 23 heavy (non-hydrogen) atoms. The van der Waals surface area contributed by atoms with Crippen LogP contribution in [0.4, 0.5) is 0 Å². The van der Waals surface area contributed by atoms with E-state index in [2.05, 4.69) is 6.92 Å². The molecular formula is C19H40N2O2. The van der Waals surface area contributed by atoms with Crippen molar-refractivity contribution in [3.63, 3.8) is 0 Å². The van der Waals surface area contributed by atoms with Gasteiger partial charge in [-0.15, -0.1) is 0 Å². The molecule has 0 aliphatic rings. The number of carboxylic acid groups (broad SMARTS) is 1. The van der Waals surface area contributed by atoms with Crippen molar-refractivity contribution in [1.29, 1.82) is 5.26 Å². The summed E-state index contributed by atoms with van der Waals surface area (Å²) in [4.78, 5) is 12.2. The molecule has 0 aromatic heterocycles. The molecule has 0 unspecified atom stereocenters. The van der Waals surface area contributed by atoms with Gasteiger partial charge in [-0.1, -0.05) is 65.2 Å². The lowest BCUT2D eigenvalue weighted by Gasteiger charge is -2.00. The first-order valence-corrected chi connectivity index (χ1v) is 9.11. The van der Waals surface area contributed by atoms with Crippen molar-refractivity contribution in [1.82, 2.24) is 4.90 Å². The maximum Gasteiger partial charge on any atom is 0.303 e. The number of unbranched alkanes of at least 4 members (excludes halogenated alkanes) is 9. The van der Waals surface area contributed by atoms with Crippen LogP contribution in [0.25, 0.3) is 0 Å². The second kappa shape index (κ2) is 25.9. The number of carbonyl (C=O) groups is 1. The normalized spacial score (nSPS) is 9.26. The van der Waals surface area contributed by atoms with Crippen LogP contribution in [0.5, 0.6) is 0 Å². The number of hydrogen-bond donors (Lipinski definition) is 1. The minimum absolute atomic E-state index is 0.343. The first-order chi connectivity index (χ1) is 10.9. The first kappa shape index (κ1) is 26.8. The van der Waals surface area contributed by atoms with E-state index in [-0.39, 0.29) is 0 Å². The zero-order valence-corrected chi connectivity index (χ0v) is 16.2. The van der Waals surface area contributed by atoms with Crippen LogP contribution in [-0.4, -0.2) is 37.1 Å². The number of nitriles is 1. The molecule has 0 saturated carbocycles. The Morgan fingerprint density at radius 2 is 1.26 bits per heavy atom. The topological polar surface area (TPSA) is 64.3 Å². The molecule has 0 saturated heterocycles. The fourth-order valence-corrected chi connectivity index (χ4v) is 1.70. The molecule has 0 rings (SSSR count). The van der Waals surface area contributed by atoms with Crippen LogP contribution >= 0.6 is 0 Å². The van der Waals surface area contributed by atoms with Crippen LogP contribution in [0.1, 0.15) is 90.9 Å². The van der Waals surface area contributed by atoms with E-state index in [1.165, 1.54) is 44.9 Å². The third-order valence-corrected chi connectivity index (χ3v) is 2.86. The highest BCUT2D eigenvalue weighted by molar-refractivity contribution is 5.66. The average Bonchev–Trinajstić information content (AvgIpc) is 2.46. The lowest BCUT2D eigenvalue weighted by Crippen LogP contribution is -1.99. The minimum Gasteiger partial charge on any atom is -0.481 e. The van der Waals surface area contributed by atoms with Gasteiger partial charge in [-0.3, -0.25) is 4.79 Å². The maximum atomic E-state index is 10.2. The molecule has 1 N–H and O–H groups in total. The predicted molar refractivity (Wildman–Crippen MR) is 99.6 cm³/mol. The Bertz CT molecular complexity index is 258. The summed E-state index contributed by atoms with van der Waals surface area (Å²) in [6.07, 6.45) is 13.2.